The number of hydrogen-bond acceptors (Lipinski definition) is 4. The molecule has 0 aromatic carbocycles. The number of carbonyl (C=O) groups is 1. The molecule has 0 aliphatic carbocycles. The van der Waals surface area contributed by atoms with Crippen LogP contribution in [0.15, 0.2) is 0 Å². The molecule has 5 nitrogen and oxygen atoms in total. The number of carboxylic acid groups (broad SMARTS) is 1. The second-order valence-corrected chi connectivity index (χ2v) is 2.80. The molecular formula is C6H7NO4P2. The van der Waals surface area contributed by atoms with Crippen molar-refractivity contribution in [2.45, 2.75) is 12.8 Å². The molecule has 0 fully saturated rings. The van der Waals surface area contributed by atoms with Gasteiger partial charge in [0.25, 0.3) is 0 Å². The van der Waals surface area contributed by atoms with Crippen LogP contribution in [0.5, 0.6) is 0 Å². The molecule has 0 atom stereocenters. The van der Waals surface area contributed by atoms with E-state index in [0.717, 1.165) is 0 Å². The number of aliphatic carboxylic acids is 1. The third-order valence-electron chi connectivity index (χ3n) is 1.10. The van der Waals surface area contributed by atoms with E-state index < -0.39 is 5.97 Å². The van der Waals surface area contributed by atoms with Crippen LogP contribution in [-0.4, -0.2) is 22.5 Å². The van der Waals surface area contributed by atoms with E-state index in [1.165, 1.54) is 4.90 Å². The average Bonchev–Trinajstić information content (AvgIpc) is 2.04. The van der Waals surface area contributed by atoms with E-state index >= 15 is 0 Å². The normalized spacial score (nSPS) is 8.69. The van der Waals surface area contributed by atoms with Crippen molar-refractivity contribution in [2.24, 2.45) is 0 Å². The summed E-state index contributed by atoms with van der Waals surface area (Å²) in [7, 11) is -0.692. The fourth-order valence-electron chi connectivity index (χ4n) is 0.609. The van der Waals surface area contributed by atoms with Gasteiger partial charge in [-0.1, -0.05) is 0 Å². The van der Waals surface area contributed by atoms with Crippen LogP contribution in [0, 0.1) is 11.5 Å². The summed E-state index contributed by atoms with van der Waals surface area (Å²) in [6.45, 7) is 0.288. The van der Waals surface area contributed by atoms with E-state index in [1.807, 2.05) is 0 Å². The van der Waals surface area contributed by atoms with Crippen LogP contribution in [0.2, 0.25) is 0 Å². The van der Waals surface area contributed by atoms with Crippen molar-refractivity contribution < 1.29 is 19.0 Å². The summed E-state index contributed by atoms with van der Waals surface area (Å²) in [6.07, 6.45) is 0.367. The van der Waals surface area contributed by atoms with Gasteiger partial charge in [0.1, 0.15) is 0 Å². The molecule has 0 aliphatic heterocycles. The van der Waals surface area contributed by atoms with Gasteiger partial charge in [0.2, 0.25) is 0 Å². The van der Waals surface area contributed by atoms with Gasteiger partial charge < -0.3 is 0 Å². The third-order valence-corrected chi connectivity index (χ3v) is 1.74. The summed E-state index contributed by atoms with van der Waals surface area (Å²) in [6, 6.07) is 0. The Morgan fingerprint density at radius 3 is 2.23 bits per heavy atom. The fourth-order valence-corrected chi connectivity index (χ4v) is 1.19. The summed E-state index contributed by atoms with van der Waals surface area (Å²) in [5, 5.41) is 8.30. The Labute approximate surface area is 77.4 Å². The average molecular weight is 219 g/mol. The molecular weight excluding hydrogens is 212 g/mol. The van der Waals surface area contributed by atoms with Crippen LogP contribution in [-0.2, 0) is 13.9 Å². The van der Waals surface area contributed by atoms with Gasteiger partial charge in [-0.05, 0) is 0 Å². The quantitative estimate of drug-likeness (QED) is 0.573. The van der Waals surface area contributed by atoms with Crippen molar-refractivity contribution in [1.82, 2.24) is 4.90 Å². The van der Waals surface area contributed by atoms with Crippen molar-refractivity contribution >= 4 is 21.8 Å². The van der Waals surface area contributed by atoms with Gasteiger partial charge in [-0.15, -0.1) is 0 Å². The van der Waals surface area contributed by atoms with E-state index in [9.17, 15) is 13.9 Å². The van der Waals surface area contributed by atoms with Crippen LogP contribution in [0.3, 0.4) is 0 Å². The first kappa shape index (κ1) is 12.4. The van der Waals surface area contributed by atoms with Crippen molar-refractivity contribution in [2.75, 3.05) is 6.54 Å². The molecule has 0 aliphatic rings. The van der Waals surface area contributed by atoms with Crippen LogP contribution in [0.25, 0.3) is 0 Å². The molecule has 0 radical (unpaired) electrons. The molecule has 0 spiro atoms. The minimum atomic E-state index is -0.903. The molecule has 0 unspecified atom stereocenters. The molecule has 0 saturated heterocycles. The first-order chi connectivity index (χ1) is 6.20. The van der Waals surface area contributed by atoms with Crippen molar-refractivity contribution in [3.05, 3.63) is 0 Å². The zero-order chi connectivity index (χ0) is 10.1. The molecule has 70 valence electrons. The molecule has 0 aromatic rings. The van der Waals surface area contributed by atoms with E-state index in [0.29, 0.717) is 6.42 Å². The van der Waals surface area contributed by atoms with Gasteiger partial charge >= 0.3 is 76.6 Å². The first-order valence-electron chi connectivity index (χ1n) is 3.36. The van der Waals surface area contributed by atoms with E-state index in [4.69, 9.17) is 5.11 Å². The Hall–Kier alpha value is -0.550. The molecule has 0 amide bonds. The van der Waals surface area contributed by atoms with E-state index in [-0.39, 0.29) is 28.8 Å². The fraction of sp³-hybridized carbons (Fsp3) is 0.500. The molecule has 7 heteroatoms. The number of nitrogens with zero attached hydrogens (tertiary/aromatic N) is 1. The third kappa shape index (κ3) is 7.80. The monoisotopic (exact) mass is 219 g/mol. The molecule has 0 rings (SSSR count). The predicted octanol–water partition coefficient (Wildman–Crippen LogP) is 1.57. The maximum absolute atomic E-state index is 10.1. The summed E-state index contributed by atoms with van der Waals surface area (Å²) >= 11 is 0. The van der Waals surface area contributed by atoms with Crippen LogP contribution < -0.4 is 0 Å². The van der Waals surface area contributed by atoms with Crippen LogP contribution in [0.1, 0.15) is 12.8 Å². The Kier molecular flexibility index (Phi) is 7.73. The zero-order valence-electron chi connectivity index (χ0n) is 6.63. The molecule has 0 aromatic heterocycles. The molecule has 1 N–H and O–H groups in total. The Morgan fingerprint density at radius 2 is 1.85 bits per heavy atom. The topological polar surface area (TPSA) is 74.7 Å². The molecule has 0 saturated carbocycles. The van der Waals surface area contributed by atoms with Crippen LogP contribution in [0.4, 0.5) is 0 Å². The number of rotatable bonds is 4. The molecule has 0 bridgehead atoms. The van der Waals surface area contributed by atoms with Gasteiger partial charge in [0, 0.05) is 0 Å². The number of hydrogen-bond donors (Lipinski definition) is 1. The number of carboxylic acids is 1. The van der Waals surface area contributed by atoms with E-state index in [2.05, 4.69) is 11.5 Å². The SMILES string of the molecule is O=P#CN(C#P=O)CCCC(=O)O. The second kappa shape index (κ2) is 8.07. The van der Waals surface area contributed by atoms with Gasteiger partial charge in [-0.2, -0.15) is 0 Å². The Bertz CT molecular complexity index is 339. The van der Waals surface area contributed by atoms with Gasteiger partial charge in [0.15, 0.2) is 0 Å². The van der Waals surface area contributed by atoms with Crippen molar-refractivity contribution in [1.29, 1.82) is 0 Å². The van der Waals surface area contributed by atoms with Gasteiger partial charge in [-0.3, -0.25) is 0 Å². The van der Waals surface area contributed by atoms with E-state index in [1.54, 1.807) is 0 Å². The first-order valence-corrected chi connectivity index (χ1v) is 4.98. The molecule has 0 heterocycles. The zero-order valence-corrected chi connectivity index (χ0v) is 8.42. The van der Waals surface area contributed by atoms with Gasteiger partial charge in [0.05, 0.1) is 0 Å². The summed E-state index contributed by atoms with van der Waals surface area (Å²) in [4.78, 5) is 11.3. The minimum absolute atomic E-state index is 0.00531. The second-order valence-electron chi connectivity index (χ2n) is 2.03. The van der Waals surface area contributed by atoms with Crippen molar-refractivity contribution in [3.8, 4) is 11.5 Å². The predicted molar refractivity (Wildman–Crippen MR) is 46.6 cm³/mol. The Morgan fingerprint density at radius 1 is 1.31 bits per heavy atom. The van der Waals surface area contributed by atoms with Gasteiger partial charge in [-0.25, -0.2) is 0 Å². The standard InChI is InChI=1S/C6H7NO4P2/c8-6(9)2-1-3-7(4-12-10)5-13-11/h1-3H2,(H,8,9). The Balaban J connectivity index is 4.00. The summed E-state index contributed by atoms with van der Waals surface area (Å²) in [5.74, 6) is 3.69. The summed E-state index contributed by atoms with van der Waals surface area (Å²) in [5.41, 5.74) is 0. The van der Waals surface area contributed by atoms with Crippen molar-refractivity contribution in [3.63, 3.8) is 0 Å². The maximum atomic E-state index is 10.1. The summed E-state index contributed by atoms with van der Waals surface area (Å²) < 4.78 is 20.1. The van der Waals surface area contributed by atoms with Crippen LogP contribution >= 0.6 is 15.8 Å². The molecule has 13 heavy (non-hydrogen) atoms.